The molecule has 1 aromatic heterocycles. The third kappa shape index (κ3) is 7.73. The second-order valence-electron chi connectivity index (χ2n) is 10.1. The van der Waals surface area contributed by atoms with Crippen molar-refractivity contribution in [1.82, 2.24) is 4.57 Å². The van der Waals surface area contributed by atoms with E-state index < -0.39 is 34.8 Å². The number of Topliss-reactive ketones (excluding diaryl/α,β-unsaturated/α-hetero) is 1. The molecule has 1 amide bonds. The molecule has 1 heterocycles. The Morgan fingerprint density at radius 3 is 2.35 bits per heavy atom. The number of ether oxygens (including phenoxy) is 2. The summed E-state index contributed by atoms with van der Waals surface area (Å²) in [6, 6.07) is 8.90. The number of aromatic nitrogens is 1. The molecule has 0 aliphatic carbocycles. The quantitative estimate of drug-likeness (QED) is 0.283. The third-order valence-corrected chi connectivity index (χ3v) is 6.17. The highest BCUT2D eigenvalue weighted by Gasteiger charge is 2.31. The van der Waals surface area contributed by atoms with Gasteiger partial charge in [0.2, 0.25) is 5.91 Å². The molecule has 1 unspecified atom stereocenters. The van der Waals surface area contributed by atoms with Gasteiger partial charge in [-0.2, -0.15) is 13.2 Å². The van der Waals surface area contributed by atoms with Crippen LogP contribution >= 0.6 is 11.6 Å². The maximum Gasteiger partial charge on any atom is 0.416 e. The van der Waals surface area contributed by atoms with E-state index in [1.54, 1.807) is 12.1 Å². The number of pyridine rings is 1. The van der Waals surface area contributed by atoms with E-state index in [1.165, 1.54) is 44.5 Å². The van der Waals surface area contributed by atoms with Gasteiger partial charge >= 0.3 is 6.18 Å². The standard InChI is InChI=1S/C29H30ClF3N2O5/c1-17(36)21-10-9-19(30)14-22(21)23-15-26(37)35(16-25(23)39-5)24(11-12-40-28(2,3)4)27(38)34-20-8-6-7-18(13-20)29(31,32)33/h6-10,13-16,24H,11-12H2,1-5H3,(H,34,38). The average Bonchev–Trinajstić information content (AvgIpc) is 2.85. The SMILES string of the molecule is COc1cn(C(CCOC(C)(C)C)C(=O)Nc2cccc(C(F)(F)F)c2)c(=O)cc1-c1cc(Cl)ccc1C(C)=O. The van der Waals surface area contributed by atoms with E-state index in [4.69, 9.17) is 21.1 Å². The number of rotatable bonds is 9. The van der Waals surface area contributed by atoms with Crippen molar-refractivity contribution in [3.63, 3.8) is 0 Å². The van der Waals surface area contributed by atoms with E-state index in [0.29, 0.717) is 21.7 Å². The Bertz CT molecular complexity index is 1460. The van der Waals surface area contributed by atoms with Crippen molar-refractivity contribution in [1.29, 1.82) is 0 Å². The molecule has 0 fully saturated rings. The van der Waals surface area contributed by atoms with Gasteiger partial charge in [0.15, 0.2) is 5.78 Å². The van der Waals surface area contributed by atoms with Gasteiger partial charge in [-0.1, -0.05) is 17.7 Å². The fourth-order valence-corrected chi connectivity index (χ4v) is 4.24. The summed E-state index contributed by atoms with van der Waals surface area (Å²) in [5.74, 6) is -0.797. The van der Waals surface area contributed by atoms with Crippen LogP contribution in [0.1, 0.15) is 56.1 Å². The zero-order chi connectivity index (χ0) is 29.8. The molecule has 0 bridgehead atoms. The van der Waals surface area contributed by atoms with Crippen LogP contribution < -0.4 is 15.6 Å². The monoisotopic (exact) mass is 578 g/mol. The fraction of sp³-hybridized carbons (Fsp3) is 0.345. The Morgan fingerprint density at radius 1 is 1.05 bits per heavy atom. The maximum atomic E-state index is 13.4. The molecular weight excluding hydrogens is 549 g/mol. The number of alkyl halides is 3. The van der Waals surface area contributed by atoms with Crippen LogP contribution in [0.25, 0.3) is 11.1 Å². The molecule has 0 saturated carbocycles. The zero-order valence-electron chi connectivity index (χ0n) is 22.7. The molecular formula is C29H30ClF3N2O5. The smallest absolute Gasteiger partial charge is 0.416 e. The summed E-state index contributed by atoms with van der Waals surface area (Å²) < 4.78 is 52.0. The zero-order valence-corrected chi connectivity index (χ0v) is 23.4. The Labute approximate surface area is 234 Å². The number of hydrogen-bond donors (Lipinski definition) is 1. The Balaban J connectivity index is 2.08. The van der Waals surface area contributed by atoms with Crippen LogP contribution in [0.2, 0.25) is 5.02 Å². The summed E-state index contributed by atoms with van der Waals surface area (Å²) in [7, 11) is 1.37. The van der Waals surface area contributed by atoms with Crippen molar-refractivity contribution in [3.8, 4) is 16.9 Å². The number of methoxy groups -OCH3 is 1. The number of amides is 1. The van der Waals surface area contributed by atoms with E-state index >= 15 is 0 Å². The first-order chi connectivity index (χ1) is 18.6. The van der Waals surface area contributed by atoms with Crippen LogP contribution in [0.15, 0.2) is 59.5 Å². The first-order valence-corrected chi connectivity index (χ1v) is 12.7. The van der Waals surface area contributed by atoms with E-state index in [0.717, 1.165) is 16.7 Å². The number of carbonyl (C=O) groups excluding carboxylic acids is 2. The van der Waals surface area contributed by atoms with Gasteiger partial charge in [-0.3, -0.25) is 19.0 Å². The lowest BCUT2D eigenvalue weighted by Crippen LogP contribution is -2.34. The van der Waals surface area contributed by atoms with Crippen LogP contribution in [-0.2, 0) is 15.7 Å². The number of ketones is 1. The van der Waals surface area contributed by atoms with Crippen molar-refractivity contribution in [2.75, 3.05) is 19.0 Å². The highest BCUT2D eigenvalue weighted by Crippen LogP contribution is 2.35. The predicted molar refractivity (Wildman–Crippen MR) is 147 cm³/mol. The van der Waals surface area contributed by atoms with Crippen LogP contribution in [-0.4, -0.2) is 35.6 Å². The number of carbonyl (C=O) groups is 2. The number of nitrogens with zero attached hydrogens (tertiary/aromatic N) is 1. The summed E-state index contributed by atoms with van der Waals surface area (Å²) in [4.78, 5) is 39.1. The molecule has 7 nitrogen and oxygen atoms in total. The normalized spacial score (nSPS) is 12.6. The number of hydrogen-bond acceptors (Lipinski definition) is 5. The summed E-state index contributed by atoms with van der Waals surface area (Å²) in [5.41, 5.74) is -1.17. The lowest BCUT2D eigenvalue weighted by molar-refractivity contribution is -0.137. The molecule has 0 aliphatic rings. The van der Waals surface area contributed by atoms with Gasteiger partial charge in [0.05, 0.1) is 24.5 Å². The van der Waals surface area contributed by atoms with Gasteiger partial charge in [0, 0.05) is 40.9 Å². The number of anilines is 1. The van der Waals surface area contributed by atoms with E-state index in [-0.39, 0.29) is 30.2 Å². The van der Waals surface area contributed by atoms with Crippen molar-refractivity contribution < 1.29 is 32.2 Å². The van der Waals surface area contributed by atoms with Gasteiger partial charge in [-0.25, -0.2) is 0 Å². The Hall–Kier alpha value is -3.63. The molecule has 0 saturated heterocycles. The molecule has 3 rings (SSSR count). The highest BCUT2D eigenvalue weighted by atomic mass is 35.5. The van der Waals surface area contributed by atoms with Gasteiger partial charge in [0.25, 0.3) is 5.56 Å². The van der Waals surface area contributed by atoms with Crippen molar-refractivity contribution in [3.05, 3.63) is 81.2 Å². The molecule has 0 aliphatic heterocycles. The second-order valence-corrected chi connectivity index (χ2v) is 10.5. The fourth-order valence-electron chi connectivity index (χ4n) is 4.06. The molecule has 1 N–H and O–H groups in total. The topological polar surface area (TPSA) is 86.6 Å². The molecule has 3 aromatic rings. The van der Waals surface area contributed by atoms with E-state index in [9.17, 15) is 27.6 Å². The van der Waals surface area contributed by atoms with E-state index in [2.05, 4.69) is 5.32 Å². The van der Waals surface area contributed by atoms with Crippen molar-refractivity contribution in [2.45, 2.75) is 51.9 Å². The Kier molecular flexibility index (Phi) is 9.48. The summed E-state index contributed by atoms with van der Waals surface area (Å²) in [6.07, 6.45) is -3.24. The van der Waals surface area contributed by atoms with Crippen molar-refractivity contribution >= 4 is 29.0 Å². The number of halogens is 4. The summed E-state index contributed by atoms with van der Waals surface area (Å²) in [6.45, 7) is 6.93. The molecule has 1 atom stereocenters. The maximum absolute atomic E-state index is 13.4. The minimum Gasteiger partial charge on any atom is -0.495 e. The molecule has 11 heteroatoms. The van der Waals surface area contributed by atoms with Gasteiger partial charge in [-0.05, 0) is 69.7 Å². The number of benzene rings is 2. The van der Waals surface area contributed by atoms with Crippen LogP contribution in [0.5, 0.6) is 5.75 Å². The summed E-state index contributed by atoms with van der Waals surface area (Å²) >= 11 is 6.17. The molecule has 40 heavy (non-hydrogen) atoms. The predicted octanol–water partition coefficient (Wildman–Crippen LogP) is 6.78. The van der Waals surface area contributed by atoms with Crippen LogP contribution in [0.3, 0.4) is 0 Å². The first kappa shape index (κ1) is 30.9. The largest absolute Gasteiger partial charge is 0.495 e. The first-order valence-electron chi connectivity index (χ1n) is 12.3. The van der Waals surface area contributed by atoms with Crippen molar-refractivity contribution in [2.24, 2.45) is 0 Å². The van der Waals surface area contributed by atoms with Gasteiger partial charge < -0.3 is 14.8 Å². The minimum atomic E-state index is -4.60. The van der Waals surface area contributed by atoms with E-state index in [1.807, 2.05) is 20.8 Å². The van der Waals surface area contributed by atoms with Crippen LogP contribution in [0, 0.1) is 0 Å². The lowest BCUT2D eigenvalue weighted by atomic mass is 9.97. The third-order valence-electron chi connectivity index (χ3n) is 5.94. The molecule has 0 spiro atoms. The molecule has 214 valence electrons. The highest BCUT2D eigenvalue weighted by molar-refractivity contribution is 6.31. The Morgan fingerprint density at radius 2 is 1.75 bits per heavy atom. The minimum absolute atomic E-state index is 0.0281. The number of nitrogens with one attached hydrogen (secondary N) is 1. The molecule has 0 radical (unpaired) electrons. The molecule has 2 aromatic carbocycles. The lowest BCUT2D eigenvalue weighted by Gasteiger charge is -2.24. The summed E-state index contributed by atoms with van der Waals surface area (Å²) in [5, 5.41) is 2.82. The van der Waals surface area contributed by atoms with Gasteiger partial charge in [-0.15, -0.1) is 0 Å². The average molecular weight is 579 g/mol. The van der Waals surface area contributed by atoms with Gasteiger partial charge in [0.1, 0.15) is 11.8 Å². The van der Waals surface area contributed by atoms with Crippen LogP contribution in [0.4, 0.5) is 18.9 Å². The second kappa shape index (κ2) is 12.3.